The number of carbonyl (C=O) groups excluding carboxylic acids is 1. The minimum Gasteiger partial charge on any atom is -0.346 e. The van der Waals surface area contributed by atoms with Gasteiger partial charge in [0.15, 0.2) is 0 Å². The first kappa shape index (κ1) is 12.0. The summed E-state index contributed by atoms with van der Waals surface area (Å²) in [6.07, 6.45) is 2.46. The Labute approximate surface area is 80.3 Å². The standard InChI is InChI=1S/C10H18N2O/c1-4-5-6-12(3)10(13)7-9(2)8-11/h9H,4-7H2,1-3H3. The van der Waals surface area contributed by atoms with Crippen molar-refractivity contribution in [2.45, 2.75) is 33.1 Å². The Morgan fingerprint density at radius 2 is 2.23 bits per heavy atom. The molecule has 0 heterocycles. The lowest BCUT2D eigenvalue weighted by molar-refractivity contribution is -0.130. The van der Waals surface area contributed by atoms with Gasteiger partial charge in [-0.15, -0.1) is 0 Å². The number of hydrogen-bond donors (Lipinski definition) is 0. The van der Waals surface area contributed by atoms with Crippen LogP contribution in [0.2, 0.25) is 0 Å². The van der Waals surface area contributed by atoms with Crippen molar-refractivity contribution in [3.63, 3.8) is 0 Å². The molecule has 74 valence electrons. The third-order valence-corrected chi connectivity index (χ3v) is 1.97. The number of nitrogens with zero attached hydrogens (tertiary/aromatic N) is 2. The fraction of sp³-hybridized carbons (Fsp3) is 0.800. The first-order valence-corrected chi connectivity index (χ1v) is 4.75. The van der Waals surface area contributed by atoms with Gasteiger partial charge in [-0.1, -0.05) is 13.3 Å². The van der Waals surface area contributed by atoms with Gasteiger partial charge in [-0.25, -0.2) is 0 Å². The van der Waals surface area contributed by atoms with Gasteiger partial charge in [0.2, 0.25) is 5.91 Å². The molecule has 0 rings (SSSR count). The van der Waals surface area contributed by atoms with Gasteiger partial charge in [-0.2, -0.15) is 5.26 Å². The molecule has 0 aromatic carbocycles. The van der Waals surface area contributed by atoms with E-state index in [0.717, 1.165) is 19.4 Å². The fourth-order valence-electron chi connectivity index (χ4n) is 0.983. The minimum absolute atomic E-state index is 0.0718. The van der Waals surface area contributed by atoms with Gasteiger partial charge in [0, 0.05) is 20.0 Å². The zero-order valence-electron chi connectivity index (χ0n) is 8.71. The van der Waals surface area contributed by atoms with E-state index in [-0.39, 0.29) is 11.8 Å². The van der Waals surface area contributed by atoms with Gasteiger partial charge in [-0.05, 0) is 13.3 Å². The summed E-state index contributed by atoms with van der Waals surface area (Å²) in [5.74, 6) is -0.0981. The molecule has 1 amide bonds. The summed E-state index contributed by atoms with van der Waals surface area (Å²) < 4.78 is 0. The molecule has 0 saturated carbocycles. The highest BCUT2D eigenvalue weighted by Crippen LogP contribution is 2.03. The highest BCUT2D eigenvalue weighted by molar-refractivity contribution is 5.76. The molecular weight excluding hydrogens is 164 g/mol. The van der Waals surface area contributed by atoms with Gasteiger partial charge in [-0.3, -0.25) is 4.79 Å². The molecule has 0 aromatic rings. The van der Waals surface area contributed by atoms with Crippen LogP contribution in [-0.4, -0.2) is 24.4 Å². The average molecular weight is 182 g/mol. The van der Waals surface area contributed by atoms with E-state index in [2.05, 4.69) is 13.0 Å². The van der Waals surface area contributed by atoms with Crippen LogP contribution in [0, 0.1) is 17.2 Å². The van der Waals surface area contributed by atoms with Crippen LogP contribution in [0.3, 0.4) is 0 Å². The van der Waals surface area contributed by atoms with Crippen molar-refractivity contribution in [1.29, 1.82) is 5.26 Å². The zero-order chi connectivity index (χ0) is 10.3. The molecule has 0 spiro atoms. The Bertz CT molecular complexity index is 196. The second-order valence-corrected chi connectivity index (χ2v) is 3.40. The summed E-state index contributed by atoms with van der Waals surface area (Å²) >= 11 is 0. The Morgan fingerprint density at radius 1 is 1.62 bits per heavy atom. The van der Waals surface area contributed by atoms with Gasteiger partial charge < -0.3 is 4.90 Å². The molecule has 0 bridgehead atoms. The van der Waals surface area contributed by atoms with Crippen molar-refractivity contribution >= 4 is 5.91 Å². The summed E-state index contributed by atoms with van der Waals surface area (Å²) in [5, 5.41) is 8.52. The zero-order valence-corrected chi connectivity index (χ0v) is 8.71. The molecule has 13 heavy (non-hydrogen) atoms. The van der Waals surface area contributed by atoms with E-state index in [0.29, 0.717) is 6.42 Å². The van der Waals surface area contributed by atoms with E-state index in [4.69, 9.17) is 5.26 Å². The predicted octanol–water partition coefficient (Wildman–Crippen LogP) is 1.79. The third-order valence-electron chi connectivity index (χ3n) is 1.97. The van der Waals surface area contributed by atoms with Crippen molar-refractivity contribution in [3.05, 3.63) is 0 Å². The molecule has 1 unspecified atom stereocenters. The summed E-state index contributed by atoms with van der Waals surface area (Å²) in [7, 11) is 1.79. The molecule has 3 nitrogen and oxygen atoms in total. The maximum Gasteiger partial charge on any atom is 0.223 e. The second kappa shape index (κ2) is 6.47. The second-order valence-electron chi connectivity index (χ2n) is 3.40. The maximum absolute atomic E-state index is 11.4. The maximum atomic E-state index is 11.4. The first-order valence-electron chi connectivity index (χ1n) is 4.75. The molecule has 0 aliphatic carbocycles. The smallest absolute Gasteiger partial charge is 0.223 e. The molecule has 0 radical (unpaired) electrons. The lowest BCUT2D eigenvalue weighted by atomic mass is 10.1. The molecule has 1 atom stereocenters. The third kappa shape index (κ3) is 5.24. The van der Waals surface area contributed by atoms with Crippen LogP contribution in [-0.2, 0) is 4.79 Å². The van der Waals surface area contributed by atoms with Crippen LogP contribution in [0.4, 0.5) is 0 Å². The van der Waals surface area contributed by atoms with Crippen molar-refractivity contribution in [3.8, 4) is 6.07 Å². The van der Waals surface area contributed by atoms with E-state index in [9.17, 15) is 4.79 Å². The number of hydrogen-bond acceptors (Lipinski definition) is 2. The molecule has 0 aliphatic heterocycles. The number of rotatable bonds is 5. The van der Waals surface area contributed by atoms with E-state index < -0.39 is 0 Å². The number of amides is 1. The Kier molecular flexibility index (Phi) is 5.96. The monoisotopic (exact) mass is 182 g/mol. The Balaban J connectivity index is 3.77. The lowest BCUT2D eigenvalue weighted by Crippen LogP contribution is -2.28. The molecular formula is C10H18N2O. The SMILES string of the molecule is CCCCN(C)C(=O)CC(C)C#N. The van der Waals surface area contributed by atoms with E-state index in [1.54, 1.807) is 18.9 Å². The van der Waals surface area contributed by atoms with Crippen LogP contribution in [0.1, 0.15) is 33.1 Å². The molecule has 0 aliphatic rings. The first-order chi connectivity index (χ1) is 6.11. The Hall–Kier alpha value is -1.04. The van der Waals surface area contributed by atoms with Crippen LogP contribution >= 0.6 is 0 Å². The minimum atomic E-state index is -0.170. The normalized spacial score (nSPS) is 11.8. The van der Waals surface area contributed by atoms with E-state index >= 15 is 0 Å². The molecule has 0 fully saturated rings. The largest absolute Gasteiger partial charge is 0.346 e. The molecule has 0 N–H and O–H groups in total. The summed E-state index contributed by atoms with van der Waals surface area (Å²) in [5.41, 5.74) is 0. The highest BCUT2D eigenvalue weighted by Gasteiger charge is 2.11. The van der Waals surface area contributed by atoms with Crippen LogP contribution in [0.25, 0.3) is 0 Å². The highest BCUT2D eigenvalue weighted by atomic mass is 16.2. The number of unbranched alkanes of at least 4 members (excludes halogenated alkanes) is 1. The van der Waals surface area contributed by atoms with Crippen LogP contribution in [0.15, 0.2) is 0 Å². The van der Waals surface area contributed by atoms with Crippen molar-refractivity contribution in [1.82, 2.24) is 4.90 Å². The van der Waals surface area contributed by atoms with Gasteiger partial charge in [0.1, 0.15) is 0 Å². The van der Waals surface area contributed by atoms with Crippen LogP contribution in [0.5, 0.6) is 0 Å². The molecule has 3 heteroatoms. The van der Waals surface area contributed by atoms with Crippen molar-refractivity contribution in [2.75, 3.05) is 13.6 Å². The quantitative estimate of drug-likeness (QED) is 0.650. The lowest BCUT2D eigenvalue weighted by Gasteiger charge is -2.16. The molecule has 0 saturated heterocycles. The van der Waals surface area contributed by atoms with Gasteiger partial charge in [0.05, 0.1) is 12.0 Å². The molecule has 0 aromatic heterocycles. The number of carbonyl (C=O) groups is 1. The summed E-state index contributed by atoms with van der Waals surface area (Å²) in [6.45, 7) is 4.66. The van der Waals surface area contributed by atoms with Crippen molar-refractivity contribution < 1.29 is 4.79 Å². The topological polar surface area (TPSA) is 44.1 Å². The van der Waals surface area contributed by atoms with Gasteiger partial charge >= 0.3 is 0 Å². The van der Waals surface area contributed by atoms with E-state index in [1.165, 1.54) is 0 Å². The summed E-state index contributed by atoms with van der Waals surface area (Å²) in [6, 6.07) is 2.06. The predicted molar refractivity (Wildman–Crippen MR) is 51.9 cm³/mol. The fourth-order valence-corrected chi connectivity index (χ4v) is 0.983. The van der Waals surface area contributed by atoms with Gasteiger partial charge in [0.25, 0.3) is 0 Å². The summed E-state index contributed by atoms with van der Waals surface area (Å²) in [4.78, 5) is 13.1. The Morgan fingerprint density at radius 3 is 2.69 bits per heavy atom. The van der Waals surface area contributed by atoms with Crippen LogP contribution < -0.4 is 0 Å². The number of nitriles is 1. The van der Waals surface area contributed by atoms with E-state index in [1.807, 2.05) is 0 Å². The average Bonchev–Trinajstić information content (AvgIpc) is 2.13. The van der Waals surface area contributed by atoms with Crippen molar-refractivity contribution in [2.24, 2.45) is 5.92 Å².